The summed E-state index contributed by atoms with van der Waals surface area (Å²) in [6, 6.07) is 3.77. The first-order valence-corrected chi connectivity index (χ1v) is 10.4. The van der Waals surface area contributed by atoms with E-state index < -0.39 is 0 Å². The molecule has 1 aliphatic heterocycles. The summed E-state index contributed by atoms with van der Waals surface area (Å²) in [5.41, 5.74) is 2.03. The van der Waals surface area contributed by atoms with E-state index in [2.05, 4.69) is 9.97 Å². The molecular weight excluding hydrogens is 394 g/mol. The fourth-order valence-corrected chi connectivity index (χ4v) is 4.29. The van der Waals surface area contributed by atoms with Crippen LogP contribution in [-0.4, -0.2) is 52.4 Å². The van der Waals surface area contributed by atoms with Gasteiger partial charge in [-0.2, -0.15) is 4.98 Å². The molecule has 0 radical (unpaired) electrons. The van der Waals surface area contributed by atoms with Crippen LogP contribution in [-0.2, 0) is 17.6 Å². The van der Waals surface area contributed by atoms with Gasteiger partial charge in [-0.1, -0.05) is 18.7 Å². The van der Waals surface area contributed by atoms with Gasteiger partial charge in [-0.25, -0.2) is 0 Å². The molecule has 0 bridgehead atoms. The van der Waals surface area contributed by atoms with Crippen molar-refractivity contribution in [1.82, 2.24) is 14.9 Å². The van der Waals surface area contributed by atoms with E-state index in [0.29, 0.717) is 24.5 Å². The first-order valence-electron chi connectivity index (χ1n) is 9.38. The molecular formula is C20H25N3O5S. The van der Waals surface area contributed by atoms with Crippen LogP contribution in [0.1, 0.15) is 36.6 Å². The zero-order valence-electron chi connectivity index (χ0n) is 16.9. The van der Waals surface area contributed by atoms with Crippen molar-refractivity contribution in [1.29, 1.82) is 0 Å². The van der Waals surface area contributed by atoms with Crippen LogP contribution in [0, 0.1) is 0 Å². The molecule has 29 heavy (non-hydrogen) atoms. The zero-order valence-corrected chi connectivity index (χ0v) is 17.8. The fourth-order valence-electron chi connectivity index (χ4n) is 3.55. The van der Waals surface area contributed by atoms with Gasteiger partial charge >= 0.3 is 0 Å². The number of aromatic amines is 1. The Morgan fingerprint density at radius 1 is 1.34 bits per heavy atom. The van der Waals surface area contributed by atoms with Crippen LogP contribution in [0.15, 0.2) is 22.1 Å². The van der Waals surface area contributed by atoms with E-state index in [1.54, 1.807) is 26.0 Å². The Bertz CT molecular complexity index is 975. The Balaban J connectivity index is 1.74. The minimum Gasteiger partial charge on any atom is -0.493 e. The SMILES string of the molecule is CCc1c(O)nc(SCC(=O)N2CCc3cc(OC)c(OC)cc3[C@@H]2C)[nH]c1=O. The highest BCUT2D eigenvalue weighted by Gasteiger charge is 2.29. The van der Waals surface area contributed by atoms with Crippen LogP contribution >= 0.6 is 11.8 Å². The van der Waals surface area contributed by atoms with Gasteiger partial charge in [0, 0.05) is 6.54 Å². The average molecular weight is 420 g/mol. The van der Waals surface area contributed by atoms with Gasteiger partial charge in [0.05, 0.1) is 31.6 Å². The number of carbonyl (C=O) groups is 1. The highest BCUT2D eigenvalue weighted by molar-refractivity contribution is 7.99. The molecule has 0 saturated heterocycles. The van der Waals surface area contributed by atoms with Gasteiger partial charge in [0.25, 0.3) is 5.56 Å². The third-order valence-corrected chi connectivity index (χ3v) is 6.02. The number of rotatable bonds is 6. The van der Waals surface area contributed by atoms with Crippen molar-refractivity contribution in [2.45, 2.75) is 37.9 Å². The minimum absolute atomic E-state index is 0.0651. The number of aromatic hydroxyl groups is 1. The Morgan fingerprint density at radius 3 is 2.66 bits per heavy atom. The van der Waals surface area contributed by atoms with E-state index in [1.165, 1.54) is 0 Å². The predicted molar refractivity (Wildman–Crippen MR) is 110 cm³/mol. The molecule has 1 aromatic carbocycles. The molecule has 1 atom stereocenters. The molecule has 3 rings (SSSR count). The number of amides is 1. The lowest BCUT2D eigenvalue weighted by molar-refractivity contribution is -0.130. The van der Waals surface area contributed by atoms with Crippen molar-refractivity contribution >= 4 is 17.7 Å². The zero-order chi connectivity index (χ0) is 21.1. The lowest BCUT2D eigenvalue weighted by Crippen LogP contribution is -2.40. The summed E-state index contributed by atoms with van der Waals surface area (Å²) in [4.78, 5) is 33.2. The summed E-state index contributed by atoms with van der Waals surface area (Å²) in [7, 11) is 3.19. The number of nitrogens with zero attached hydrogens (tertiary/aromatic N) is 2. The smallest absolute Gasteiger partial charge is 0.258 e. The summed E-state index contributed by atoms with van der Waals surface area (Å²) in [5.74, 6) is 1.08. The van der Waals surface area contributed by atoms with Crippen LogP contribution < -0.4 is 15.0 Å². The molecule has 2 aromatic rings. The first-order chi connectivity index (χ1) is 13.9. The van der Waals surface area contributed by atoms with Gasteiger partial charge in [0.1, 0.15) is 0 Å². The number of nitrogens with one attached hydrogen (secondary N) is 1. The molecule has 1 amide bonds. The third-order valence-electron chi connectivity index (χ3n) is 5.16. The molecule has 0 unspecified atom stereocenters. The minimum atomic E-state index is -0.378. The second-order valence-corrected chi connectivity index (χ2v) is 7.70. The second-order valence-electron chi connectivity index (χ2n) is 6.73. The van der Waals surface area contributed by atoms with Crippen molar-refractivity contribution in [2.24, 2.45) is 0 Å². The number of benzene rings is 1. The first kappa shape index (κ1) is 21.0. The second kappa shape index (κ2) is 8.77. The highest BCUT2D eigenvalue weighted by atomic mass is 32.2. The number of carbonyl (C=O) groups excluding carboxylic acids is 1. The molecule has 0 saturated carbocycles. The van der Waals surface area contributed by atoms with E-state index in [4.69, 9.17) is 9.47 Å². The van der Waals surface area contributed by atoms with Gasteiger partial charge < -0.3 is 24.5 Å². The number of thioether (sulfide) groups is 1. The Hall–Kier alpha value is -2.68. The highest BCUT2D eigenvalue weighted by Crippen LogP contribution is 2.38. The summed E-state index contributed by atoms with van der Waals surface area (Å²) in [6.45, 7) is 4.34. The molecule has 156 valence electrons. The van der Waals surface area contributed by atoms with E-state index in [0.717, 1.165) is 29.3 Å². The standard InChI is InChI=1S/C20H25N3O5S/c1-5-13-18(25)21-20(22-19(13)26)29-10-17(24)23-7-6-12-8-15(27-3)16(28-4)9-14(12)11(23)2/h8-9,11H,5-7,10H2,1-4H3,(H2,21,22,25,26)/t11-/m0/s1. The van der Waals surface area contributed by atoms with Gasteiger partial charge in [-0.15, -0.1) is 0 Å². The Morgan fingerprint density at radius 2 is 2.03 bits per heavy atom. The maximum absolute atomic E-state index is 12.8. The molecule has 1 aromatic heterocycles. The molecule has 0 spiro atoms. The molecule has 0 fully saturated rings. The molecule has 2 N–H and O–H groups in total. The summed E-state index contributed by atoms with van der Waals surface area (Å²) >= 11 is 1.10. The molecule has 1 aliphatic rings. The number of ether oxygens (including phenoxy) is 2. The Labute approximate surface area is 173 Å². The molecule has 2 heterocycles. The normalized spacial score (nSPS) is 15.7. The van der Waals surface area contributed by atoms with Gasteiger partial charge in [0.15, 0.2) is 16.7 Å². The maximum Gasteiger partial charge on any atom is 0.258 e. The van der Waals surface area contributed by atoms with Crippen molar-refractivity contribution in [3.8, 4) is 17.4 Å². The number of H-pyrrole nitrogens is 1. The third kappa shape index (κ3) is 4.19. The quantitative estimate of drug-likeness (QED) is 0.547. The number of aromatic nitrogens is 2. The number of fused-ring (bicyclic) bond motifs is 1. The van der Waals surface area contributed by atoms with Crippen LogP contribution in [0.2, 0.25) is 0 Å². The van der Waals surface area contributed by atoms with Crippen LogP contribution in [0.5, 0.6) is 17.4 Å². The summed E-state index contributed by atoms with van der Waals surface area (Å²) in [6.07, 6.45) is 1.11. The molecule has 8 nitrogen and oxygen atoms in total. The monoisotopic (exact) mass is 419 g/mol. The van der Waals surface area contributed by atoms with E-state index in [9.17, 15) is 14.7 Å². The van der Waals surface area contributed by atoms with Crippen molar-refractivity contribution in [3.63, 3.8) is 0 Å². The topological polar surface area (TPSA) is 105 Å². The summed E-state index contributed by atoms with van der Waals surface area (Å²) in [5, 5.41) is 10.1. The van der Waals surface area contributed by atoms with Gasteiger partial charge in [-0.3, -0.25) is 9.59 Å². The summed E-state index contributed by atoms with van der Waals surface area (Å²) < 4.78 is 10.8. The van der Waals surface area contributed by atoms with Crippen molar-refractivity contribution in [2.75, 3.05) is 26.5 Å². The van der Waals surface area contributed by atoms with E-state index in [1.807, 2.05) is 19.1 Å². The molecule has 0 aliphatic carbocycles. The molecule has 9 heteroatoms. The van der Waals surface area contributed by atoms with Gasteiger partial charge in [-0.05, 0) is 43.0 Å². The van der Waals surface area contributed by atoms with Crippen molar-refractivity contribution < 1.29 is 19.4 Å². The van der Waals surface area contributed by atoms with E-state index in [-0.39, 0.29) is 39.9 Å². The lowest BCUT2D eigenvalue weighted by atomic mass is 9.93. The Kier molecular flexibility index (Phi) is 6.36. The fraction of sp³-hybridized carbons (Fsp3) is 0.450. The van der Waals surface area contributed by atoms with E-state index >= 15 is 0 Å². The van der Waals surface area contributed by atoms with Gasteiger partial charge in [0.2, 0.25) is 11.8 Å². The van der Waals surface area contributed by atoms with Crippen molar-refractivity contribution in [3.05, 3.63) is 39.2 Å². The average Bonchev–Trinajstić information content (AvgIpc) is 2.71. The van der Waals surface area contributed by atoms with Crippen LogP contribution in [0.3, 0.4) is 0 Å². The maximum atomic E-state index is 12.8. The van der Waals surface area contributed by atoms with Crippen LogP contribution in [0.25, 0.3) is 0 Å². The lowest BCUT2D eigenvalue weighted by Gasteiger charge is -2.35. The number of methoxy groups -OCH3 is 2. The number of hydrogen-bond donors (Lipinski definition) is 2. The van der Waals surface area contributed by atoms with Crippen LogP contribution in [0.4, 0.5) is 0 Å². The largest absolute Gasteiger partial charge is 0.493 e. The number of hydrogen-bond acceptors (Lipinski definition) is 7. The predicted octanol–water partition coefficient (Wildman–Crippen LogP) is 2.29.